The van der Waals surface area contributed by atoms with Crippen molar-refractivity contribution in [2.75, 3.05) is 5.32 Å². The Bertz CT molecular complexity index is 932. The van der Waals surface area contributed by atoms with Crippen molar-refractivity contribution in [2.45, 2.75) is 19.5 Å². The number of amides is 1. The Balaban J connectivity index is 1.64. The molecule has 1 atom stereocenters. The van der Waals surface area contributed by atoms with E-state index in [4.69, 9.17) is 16.7 Å². The number of hydrogen-bond donors (Lipinski definition) is 2. The first kappa shape index (κ1) is 17.7. The van der Waals surface area contributed by atoms with Crippen LogP contribution in [0, 0.1) is 0 Å². The van der Waals surface area contributed by atoms with Crippen molar-refractivity contribution >= 4 is 29.2 Å². The van der Waals surface area contributed by atoms with Crippen LogP contribution < -0.4 is 5.32 Å². The van der Waals surface area contributed by atoms with Gasteiger partial charge in [-0.25, -0.2) is 4.79 Å². The average Bonchev–Trinajstić information content (AvgIpc) is 3.26. The second-order valence-corrected chi connectivity index (χ2v) is 6.17. The Morgan fingerprint density at radius 1 is 1.19 bits per heavy atom. The highest BCUT2D eigenvalue weighted by Gasteiger charge is 2.17. The lowest BCUT2D eigenvalue weighted by molar-refractivity contribution is -0.140. The minimum Gasteiger partial charge on any atom is -0.480 e. The number of halogens is 1. The minimum atomic E-state index is -1.02. The molecule has 3 aromatic rings. The highest BCUT2D eigenvalue weighted by atomic mass is 35.5. The predicted molar refractivity (Wildman–Crippen MR) is 95.3 cm³/mol. The summed E-state index contributed by atoms with van der Waals surface area (Å²) in [6.07, 6.45) is 5.97. The molecule has 0 aliphatic carbocycles. The van der Waals surface area contributed by atoms with Crippen molar-refractivity contribution in [3.8, 4) is 0 Å². The molecule has 1 aromatic carbocycles. The van der Waals surface area contributed by atoms with E-state index in [1.54, 1.807) is 23.0 Å². The van der Waals surface area contributed by atoms with Crippen LogP contribution in [0.1, 0.15) is 28.9 Å². The second kappa shape index (κ2) is 7.40. The van der Waals surface area contributed by atoms with Crippen LogP contribution in [-0.4, -0.2) is 36.5 Å². The maximum atomic E-state index is 12.3. The highest BCUT2D eigenvalue weighted by molar-refractivity contribution is 6.30. The van der Waals surface area contributed by atoms with Crippen LogP contribution in [-0.2, 0) is 11.3 Å². The number of aliphatic carboxylic acids is 1. The van der Waals surface area contributed by atoms with Crippen LogP contribution >= 0.6 is 11.6 Å². The fourth-order valence-electron chi connectivity index (χ4n) is 2.27. The zero-order valence-corrected chi connectivity index (χ0v) is 14.6. The third-order valence-corrected chi connectivity index (χ3v) is 4.02. The zero-order valence-electron chi connectivity index (χ0n) is 13.8. The average molecular weight is 374 g/mol. The number of rotatable bonds is 6. The summed E-state index contributed by atoms with van der Waals surface area (Å²) in [6, 6.07) is 6.57. The van der Waals surface area contributed by atoms with E-state index in [9.17, 15) is 9.59 Å². The van der Waals surface area contributed by atoms with Crippen LogP contribution in [0.15, 0.2) is 49.1 Å². The number of aromatic nitrogens is 4. The van der Waals surface area contributed by atoms with Crippen molar-refractivity contribution in [2.24, 2.45) is 0 Å². The molecule has 1 amide bonds. The number of nitrogens with one attached hydrogen (secondary N) is 1. The topological polar surface area (TPSA) is 102 Å². The van der Waals surface area contributed by atoms with E-state index in [1.807, 2.05) is 12.1 Å². The molecule has 1 unspecified atom stereocenters. The van der Waals surface area contributed by atoms with Crippen LogP contribution in [0.2, 0.25) is 5.02 Å². The number of carbonyl (C=O) groups is 2. The fraction of sp³-hybridized carbons (Fsp3) is 0.176. The Labute approximate surface area is 154 Å². The third kappa shape index (κ3) is 4.09. The first-order valence-electron chi connectivity index (χ1n) is 7.77. The summed E-state index contributed by atoms with van der Waals surface area (Å²) in [4.78, 5) is 23.2. The predicted octanol–water partition coefficient (Wildman–Crippen LogP) is 2.68. The number of nitrogens with zero attached hydrogens (tertiary/aromatic N) is 4. The van der Waals surface area contributed by atoms with Gasteiger partial charge in [-0.1, -0.05) is 23.7 Å². The summed E-state index contributed by atoms with van der Waals surface area (Å²) in [6.45, 7) is 2.03. The summed E-state index contributed by atoms with van der Waals surface area (Å²) >= 11 is 5.86. The molecule has 9 heteroatoms. The van der Waals surface area contributed by atoms with Crippen LogP contribution in [0.4, 0.5) is 5.69 Å². The Hall–Kier alpha value is -3.13. The van der Waals surface area contributed by atoms with Gasteiger partial charge in [-0.3, -0.25) is 14.2 Å². The van der Waals surface area contributed by atoms with Crippen molar-refractivity contribution in [1.29, 1.82) is 0 Å². The summed E-state index contributed by atoms with van der Waals surface area (Å²) in [5.41, 5.74) is 1.82. The first-order valence-corrected chi connectivity index (χ1v) is 8.15. The molecule has 0 aliphatic heterocycles. The molecule has 0 saturated carbocycles. The van der Waals surface area contributed by atoms with Crippen molar-refractivity contribution in [3.63, 3.8) is 0 Å². The standard InChI is InChI=1S/C17H16ClN5O3/c1-11(17(25)26)23-9-13(6-20-23)16(24)21-15-7-19-22(10-15)8-12-2-4-14(18)5-3-12/h2-7,9-11H,8H2,1H3,(H,21,24)(H,25,26). The Morgan fingerprint density at radius 3 is 2.62 bits per heavy atom. The Kier molecular flexibility index (Phi) is 5.04. The van der Waals surface area contributed by atoms with E-state index in [1.165, 1.54) is 30.2 Å². The van der Waals surface area contributed by atoms with E-state index < -0.39 is 12.0 Å². The minimum absolute atomic E-state index is 0.267. The summed E-state index contributed by atoms with van der Waals surface area (Å²) in [7, 11) is 0. The molecule has 8 nitrogen and oxygen atoms in total. The van der Waals surface area contributed by atoms with Crippen LogP contribution in [0.25, 0.3) is 0 Å². The molecule has 0 bridgehead atoms. The summed E-state index contributed by atoms with van der Waals surface area (Å²) in [5.74, 6) is -1.41. The van der Waals surface area contributed by atoms with Crippen molar-refractivity contribution in [1.82, 2.24) is 19.6 Å². The fourth-order valence-corrected chi connectivity index (χ4v) is 2.40. The van der Waals surface area contributed by atoms with E-state index in [0.717, 1.165) is 5.56 Å². The molecule has 0 radical (unpaired) electrons. The van der Waals surface area contributed by atoms with Gasteiger partial charge in [0.2, 0.25) is 0 Å². The van der Waals surface area contributed by atoms with Gasteiger partial charge >= 0.3 is 5.97 Å². The molecule has 0 saturated heterocycles. The van der Waals surface area contributed by atoms with Gasteiger partial charge in [0.1, 0.15) is 6.04 Å². The third-order valence-electron chi connectivity index (χ3n) is 3.77. The number of anilines is 1. The Morgan fingerprint density at radius 2 is 1.92 bits per heavy atom. The van der Waals surface area contributed by atoms with Gasteiger partial charge in [0.25, 0.3) is 5.91 Å². The first-order chi connectivity index (χ1) is 12.4. The van der Waals surface area contributed by atoms with Crippen molar-refractivity contribution < 1.29 is 14.7 Å². The molecular formula is C17H16ClN5O3. The van der Waals surface area contributed by atoms with Crippen LogP contribution in [0.3, 0.4) is 0 Å². The number of carboxylic acids is 1. The second-order valence-electron chi connectivity index (χ2n) is 5.73. The van der Waals surface area contributed by atoms with E-state index in [2.05, 4.69) is 15.5 Å². The molecule has 0 aliphatic rings. The smallest absolute Gasteiger partial charge is 0.328 e. The van der Waals surface area contributed by atoms with Gasteiger partial charge in [-0.2, -0.15) is 10.2 Å². The summed E-state index contributed by atoms with van der Waals surface area (Å²) < 4.78 is 2.91. The number of hydrogen-bond acceptors (Lipinski definition) is 4. The molecule has 2 heterocycles. The maximum Gasteiger partial charge on any atom is 0.328 e. The largest absolute Gasteiger partial charge is 0.480 e. The molecule has 3 rings (SSSR count). The van der Waals surface area contributed by atoms with E-state index >= 15 is 0 Å². The lowest BCUT2D eigenvalue weighted by Crippen LogP contribution is -2.16. The molecular weight excluding hydrogens is 358 g/mol. The SMILES string of the molecule is CC(C(=O)O)n1cc(C(=O)Nc2cnn(Cc3ccc(Cl)cc3)c2)cn1. The van der Waals surface area contributed by atoms with Crippen molar-refractivity contribution in [3.05, 3.63) is 65.2 Å². The normalized spacial score (nSPS) is 11.9. The lowest BCUT2D eigenvalue weighted by Gasteiger charge is -2.05. The molecule has 0 spiro atoms. The zero-order chi connectivity index (χ0) is 18.7. The number of carbonyl (C=O) groups excluding carboxylic acids is 1. The van der Waals surface area contributed by atoms with Gasteiger partial charge in [0.05, 0.1) is 30.2 Å². The molecule has 26 heavy (non-hydrogen) atoms. The van der Waals surface area contributed by atoms with Gasteiger partial charge in [0.15, 0.2) is 0 Å². The van der Waals surface area contributed by atoms with Crippen LogP contribution in [0.5, 0.6) is 0 Å². The molecule has 0 fully saturated rings. The maximum absolute atomic E-state index is 12.3. The lowest BCUT2D eigenvalue weighted by atomic mass is 10.2. The summed E-state index contributed by atoms with van der Waals surface area (Å²) in [5, 5.41) is 20.5. The van der Waals surface area contributed by atoms with Gasteiger partial charge in [-0.05, 0) is 24.6 Å². The highest BCUT2D eigenvalue weighted by Crippen LogP contribution is 2.13. The molecule has 2 aromatic heterocycles. The van der Waals surface area contributed by atoms with E-state index in [-0.39, 0.29) is 11.5 Å². The molecule has 2 N–H and O–H groups in total. The number of carboxylic acid groups (broad SMARTS) is 1. The van der Waals surface area contributed by atoms with Gasteiger partial charge < -0.3 is 10.4 Å². The van der Waals surface area contributed by atoms with Gasteiger partial charge in [0, 0.05) is 17.4 Å². The quantitative estimate of drug-likeness (QED) is 0.691. The van der Waals surface area contributed by atoms with Gasteiger partial charge in [-0.15, -0.1) is 0 Å². The molecule has 134 valence electrons. The number of benzene rings is 1. The van der Waals surface area contributed by atoms with E-state index in [0.29, 0.717) is 17.3 Å². The monoisotopic (exact) mass is 373 g/mol.